The zero-order valence-corrected chi connectivity index (χ0v) is 13.2. The van der Waals surface area contributed by atoms with Crippen molar-refractivity contribution in [2.45, 2.75) is 46.6 Å². The van der Waals surface area contributed by atoms with Crippen molar-refractivity contribution in [1.29, 1.82) is 0 Å². The minimum absolute atomic E-state index is 0.0418. The van der Waals surface area contributed by atoms with E-state index in [2.05, 4.69) is 26.1 Å². The molecule has 118 valence electrons. The molecule has 0 heterocycles. The van der Waals surface area contributed by atoms with Gasteiger partial charge < -0.3 is 10.1 Å². The van der Waals surface area contributed by atoms with Crippen LogP contribution in [0.1, 0.15) is 45.6 Å². The molecule has 0 fully saturated rings. The van der Waals surface area contributed by atoms with Crippen LogP contribution in [0, 0.1) is 16.0 Å². The molecule has 0 amide bonds. The number of nitrogens with one attached hydrogen (secondary N) is 1. The molecule has 5 nitrogen and oxygen atoms in total. The van der Waals surface area contributed by atoms with Gasteiger partial charge in [0, 0.05) is 12.6 Å². The van der Waals surface area contributed by atoms with Gasteiger partial charge in [0.15, 0.2) is 5.75 Å². The number of nitro benzene ring substituents is 1. The van der Waals surface area contributed by atoms with Gasteiger partial charge in [0.2, 0.25) is 0 Å². The Bertz CT molecular complexity index is 445. The van der Waals surface area contributed by atoms with Crippen LogP contribution in [-0.2, 0) is 6.54 Å². The van der Waals surface area contributed by atoms with Crippen molar-refractivity contribution >= 4 is 5.69 Å². The van der Waals surface area contributed by atoms with Crippen molar-refractivity contribution in [3.63, 3.8) is 0 Å². The lowest BCUT2D eigenvalue weighted by molar-refractivity contribution is -0.385. The summed E-state index contributed by atoms with van der Waals surface area (Å²) in [5, 5.41) is 14.4. The normalized spacial score (nSPS) is 10.9. The summed E-state index contributed by atoms with van der Waals surface area (Å²) >= 11 is 0. The molecular formula is C16H26N2O3. The number of rotatable bonds is 10. The van der Waals surface area contributed by atoms with Crippen molar-refractivity contribution in [2.24, 2.45) is 5.92 Å². The molecule has 21 heavy (non-hydrogen) atoms. The highest BCUT2D eigenvalue weighted by Crippen LogP contribution is 2.28. The van der Waals surface area contributed by atoms with Crippen LogP contribution in [0.2, 0.25) is 0 Å². The molecule has 0 bridgehead atoms. The van der Waals surface area contributed by atoms with Gasteiger partial charge in [0.05, 0.1) is 11.5 Å². The van der Waals surface area contributed by atoms with Crippen LogP contribution >= 0.6 is 0 Å². The molecule has 1 rings (SSSR count). The molecular weight excluding hydrogens is 268 g/mol. The summed E-state index contributed by atoms with van der Waals surface area (Å²) in [6.07, 6.45) is 3.09. The van der Waals surface area contributed by atoms with Crippen LogP contribution in [0.25, 0.3) is 0 Å². The second kappa shape index (κ2) is 9.34. The van der Waals surface area contributed by atoms with Gasteiger partial charge in [-0.25, -0.2) is 0 Å². The maximum Gasteiger partial charge on any atom is 0.310 e. The summed E-state index contributed by atoms with van der Waals surface area (Å²) in [5.74, 6) is 0.814. The second-order valence-electron chi connectivity index (χ2n) is 5.23. The SMILES string of the molecule is CCCNCc1ccc([N+](=O)[O-])c(OCC(CC)CC)c1. The van der Waals surface area contributed by atoms with Crippen molar-refractivity contribution in [3.8, 4) is 5.75 Å². The van der Waals surface area contributed by atoms with E-state index in [1.807, 2.05) is 0 Å². The van der Waals surface area contributed by atoms with E-state index in [9.17, 15) is 10.1 Å². The first-order valence-electron chi connectivity index (χ1n) is 7.73. The fraction of sp³-hybridized carbons (Fsp3) is 0.625. The van der Waals surface area contributed by atoms with E-state index in [1.165, 1.54) is 6.07 Å². The summed E-state index contributed by atoms with van der Waals surface area (Å²) in [5.41, 5.74) is 1.05. The largest absolute Gasteiger partial charge is 0.487 e. The Kier molecular flexibility index (Phi) is 7.75. The van der Waals surface area contributed by atoms with Crippen LogP contribution in [0.15, 0.2) is 18.2 Å². The third-order valence-corrected chi connectivity index (χ3v) is 3.61. The zero-order valence-electron chi connectivity index (χ0n) is 13.2. The number of hydrogen-bond acceptors (Lipinski definition) is 4. The highest BCUT2D eigenvalue weighted by molar-refractivity contribution is 5.48. The fourth-order valence-corrected chi connectivity index (χ4v) is 2.08. The van der Waals surface area contributed by atoms with E-state index in [-0.39, 0.29) is 10.6 Å². The van der Waals surface area contributed by atoms with Crippen LogP contribution in [0.3, 0.4) is 0 Å². The summed E-state index contributed by atoms with van der Waals surface area (Å²) < 4.78 is 5.72. The Balaban J connectivity index is 2.80. The van der Waals surface area contributed by atoms with Gasteiger partial charge >= 0.3 is 5.69 Å². The van der Waals surface area contributed by atoms with Gasteiger partial charge in [-0.3, -0.25) is 10.1 Å². The molecule has 0 saturated heterocycles. The standard InChI is InChI=1S/C16H26N2O3/c1-4-9-17-11-14-7-8-15(18(19)20)16(10-14)21-12-13(5-2)6-3/h7-8,10,13,17H,4-6,9,11-12H2,1-3H3. The molecule has 0 aromatic heterocycles. The van der Waals surface area contributed by atoms with Crippen LogP contribution in [0.5, 0.6) is 5.75 Å². The molecule has 0 aliphatic heterocycles. The van der Waals surface area contributed by atoms with Crippen LogP contribution in [0.4, 0.5) is 5.69 Å². The molecule has 0 unspecified atom stereocenters. The molecule has 0 aliphatic rings. The predicted molar refractivity (Wildman–Crippen MR) is 84.7 cm³/mol. The Morgan fingerprint density at radius 1 is 1.29 bits per heavy atom. The molecule has 0 spiro atoms. The number of hydrogen-bond donors (Lipinski definition) is 1. The van der Waals surface area contributed by atoms with Gasteiger partial charge in [-0.15, -0.1) is 0 Å². The lowest BCUT2D eigenvalue weighted by atomic mass is 10.1. The average molecular weight is 294 g/mol. The minimum Gasteiger partial charge on any atom is -0.487 e. The number of nitro groups is 1. The van der Waals surface area contributed by atoms with E-state index in [4.69, 9.17) is 4.74 Å². The third-order valence-electron chi connectivity index (χ3n) is 3.61. The monoisotopic (exact) mass is 294 g/mol. The third kappa shape index (κ3) is 5.71. The quantitative estimate of drug-likeness (QED) is 0.404. The Morgan fingerprint density at radius 3 is 2.57 bits per heavy atom. The minimum atomic E-state index is -0.383. The van der Waals surface area contributed by atoms with E-state index < -0.39 is 0 Å². The van der Waals surface area contributed by atoms with E-state index in [1.54, 1.807) is 12.1 Å². The van der Waals surface area contributed by atoms with Crippen molar-refractivity contribution in [3.05, 3.63) is 33.9 Å². The van der Waals surface area contributed by atoms with E-state index >= 15 is 0 Å². The van der Waals surface area contributed by atoms with E-state index in [0.717, 1.165) is 31.4 Å². The van der Waals surface area contributed by atoms with Gasteiger partial charge in [0.25, 0.3) is 0 Å². The summed E-state index contributed by atoms with van der Waals surface area (Å²) in [6.45, 7) is 8.48. The summed E-state index contributed by atoms with van der Waals surface area (Å²) in [6, 6.07) is 5.10. The first kappa shape index (κ1) is 17.4. The van der Waals surface area contributed by atoms with Crippen molar-refractivity contribution < 1.29 is 9.66 Å². The molecule has 0 radical (unpaired) electrons. The maximum absolute atomic E-state index is 11.1. The molecule has 1 aromatic rings. The Labute approximate surface area is 126 Å². The highest BCUT2D eigenvalue weighted by atomic mass is 16.6. The van der Waals surface area contributed by atoms with Crippen LogP contribution < -0.4 is 10.1 Å². The first-order chi connectivity index (χ1) is 10.1. The van der Waals surface area contributed by atoms with Gasteiger partial charge in [-0.1, -0.05) is 39.7 Å². The lowest BCUT2D eigenvalue weighted by Gasteiger charge is -2.14. The molecule has 0 saturated carbocycles. The summed E-state index contributed by atoms with van der Waals surface area (Å²) in [7, 11) is 0. The molecule has 0 aliphatic carbocycles. The Morgan fingerprint density at radius 2 is 2.00 bits per heavy atom. The smallest absolute Gasteiger partial charge is 0.310 e. The number of nitrogens with zero attached hydrogens (tertiary/aromatic N) is 1. The average Bonchev–Trinajstić information content (AvgIpc) is 2.48. The second-order valence-corrected chi connectivity index (χ2v) is 5.23. The molecule has 1 aromatic carbocycles. The van der Waals surface area contributed by atoms with Crippen molar-refractivity contribution in [1.82, 2.24) is 5.32 Å². The summed E-state index contributed by atoms with van der Waals surface area (Å²) in [4.78, 5) is 10.7. The predicted octanol–water partition coefficient (Wildman–Crippen LogP) is 3.91. The fourth-order valence-electron chi connectivity index (χ4n) is 2.08. The lowest BCUT2D eigenvalue weighted by Crippen LogP contribution is -2.14. The zero-order chi connectivity index (χ0) is 15.7. The van der Waals surface area contributed by atoms with Gasteiger partial charge in [0.1, 0.15) is 0 Å². The van der Waals surface area contributed by atoms with E-state index in [0.29, 0.717) is 24.8 Å². The number of ether oxygens (including phenoxy) is 1. The highest BCUT2D eigenvalue weighted by Gasteiger charge is 2.16. The Hall–Kier alpha value is -1.62. The molecule has 0 atom stereocenters. The van der Waals surface area contributed by atoms with Gasteiger partial charge in [-0.2, -0.15) is 0 Å². The van der Waals surface area contributed by atoms with Gasteiger partial charge in [-0.05, 0) is 30.5 Å². The topological polar surface area (TPSA) is 64.4 Å². The molecule has 5 heteroatoms. The van der Waals surface area contributed by atoms with Crippen molar-refractivity contribution in [2.75, 3.05) is 13.2 Å². The number of benzene rings is 1. The van der Waals surface area contributed by atoms with Crippen LogP contribution in [-0.4, -0.2) is 18.1 Å². The first-order valence-corrected chi connectivity index (χ1v) is 7.73. The molecule has 1 N–H and O–H groups in total. The maximum atomic E-state index is 11.1.